The van der Waals surface area contributed by atoms with E-state index in [9.17, 15) is 0 Å². The van der Waals surface area contributed by atoms with Gasteiger partial charge in [-0.05, 0) is 30.9 Å². The van der Waals surface area contributed by atoms with Crippen molar-refractivity contribution in [3.05, 3.63) is 29.0 Å². The fourth-order valence-corrected chi connectivity index (χ4v) is 2.45. The molecule has 0 N–H and O–H groups in total. The Bertz CT molecular complexity index is 323. The summed E-state index contributed by atoms with van der Waals surface area (Å²) in [6, 6.07) is 4.61. The van der Waals surface area contributed by atoms with Crippen LogP contribution in [0.2, 0.25) is 5.15 Å². The Morgan fingerprint density at radius 2 is 2.27 bits per heavy atom. The zero-order valence-corrected chi connectivity index (χ0v) is 10.0. The third kappa shape index (κ3) is 2.70. The van der Waals surface area contributed by atoms with Crippen molar-refractivity contribution in [1.29, 1.82) is 0 Å². The van der Waals surface area contributed by atoms with Crippen LogP contribution in [-0.4, -0.2) is 22.5 Å². The van der Waals surface area contributed by atoms with Crippen molar-refractivity contribution in [2.24, 2.45) is 5.92 Å². The predicted molar refractivity (Wildman–Crippen MR) is 62.9 cm³/mol. The molecular formula is C12H17ClN2. The van der Waals surface area contributed by atoms with Gasteiger partial charge in [0.1, 0.15) is 5.15 Å². The largest absolute Gasteiger partial charge is 0.296 e. The molecule has 1 aromatic rings. The second-order valence-corrected chi connectivity index (χ2v) is 5.00. The molecule has 2 atom stereocenters. The summed E-state index contributed by atoms with van der Waals surface area (Å²) < 4.78 is 0. The van der Waals surface area contributed by atoms with Crippen molar-refractivity contribution < 1.29 is 0 Å². The Kier molecular flexibility index (Phi) is 3.27. The molecule has 0 radical (unpaired) electrons. The molecule has 3 heteroatoms. The first-order valence-electron chi connectivity index (χ1n) is 5.49. The summed E-state index contributed by atoms with van der Waals surface area (Å²) in [5.41, 5.74) is 1.25. The second-order valence-electron chi connectivity index (χ2n) is 4.61. The molecule has 0 bridgehead atoms. The molecule has 1 aliphatic heterocycles. The SMILES string of the molecule is CC1CC(C)N(Cc2ccc(Cl)nc2)C1. The van der Waals surface area contributed by atoms with Gasteiger partial charge < -0.3 is 0 Å². The summed E-state index contributed by atoms with van der Waals surface area (Å²) in [5.74, 6) is 0.820. The predicted octanol–water partition coefficient (Wildman–Crippen LogP) is 2.97. The van der Waals surface area contributed by atoms with Crippen LogP contribution in [0.1, 0.15) is 25.8 Å². The third-order valence-electron chi connectivity index (χ3n) is 3.09. The van der Waals surface area contributed by atoms with Gasteiger partial charge in [0.2, 0.25) is 0 Å². The zero-order valence-electron chi connectivity index (χ0n) is 9.28. The van der Waals surface area contributed by atoms with Gasteiger partial charge in [-0.3, -0.25) is 4.90 Å². The number of nitrogens with zero attached hydrogens (tertiary/aromatic N) is 2. The van der Waals surface area contributed by atoms with E-state index in [0.29, 0.717) is 11.2 Å². The highest BCUT2D eigenvalue weighted by Crippen LogP contribution is 2.24. The standard InChI is InChI=1S/C12H17ClN2/c1-9-5-10(2)15(7-9)8-11-3-4-12(13)14-6-11/h3-4,6,9-10H,5,7-8H2,1-2H3. The Morgan fingerprint density at radius 3 is 2.80 bits per heavy atom. The van der Waals surface area contributed by atoms with Crippen LogP contribution in [0.5, 0.6) is 0 Å². The van der Waals surface area contributed by atoms with Crippen LogP contribution >= 0.6 is 11.6 Å². The van der Waals surface area contributed by atoms with E-state index in [4.69, 9.17) is 11.6 Å². The van der Waals surface area contributed by atoms with Gasteiger partial charge in [-0.2, -0.15) is 0 Å². The molecule has 0 saturated carbocycles. The number of likely N-dealkylation sites (tertiary alicyclic amines) is 1. The lowest BCUT2D eigenvalue weighted by Crippen LogP contribution is -2.26. The van der Waals surface area contributed by atoms with Crippen molar-refractivity contribution in [3.8, 4) is 0 Å². The number of pyridine rings is 1. The van der Waals surface area contributed by atoms with E-state index in [1.807, 2.05) is 12.3 Å². The Labute approximate surface area is 96.3 Å². The molecule has 1 fully saturated rings. The normalized spacial score (nSPS) is 27.1. The highest BCUT2D eigenvalue weighted by Gasteiger charge is 2.25. The first-order valence-corrected chi connectivity index (χ1v) is 5.87. The number of hydrogen-bond donors (Lipinski definition) is 0. The highest BCUT2D eigenvalue weighted by molar-refractivity contribution is 6.29. The van der Waals surface area contributed by atoms with E-state index in [0.717, 1.165) is 12.5 Å². The van der Waals surface area contributed by atoms with E-state index in [2.05, 4.69) is 29.8 Å². The van der Waals surface area contributed by atoms with Crippen molar-refractivity contribution >= 4 is 11.6 Å². The van der Waals surface area contributed by atoms with Crippen molar-refractivity contribution in [3.63, 3.8) is 0 Å². The maximum atomic E-state index is 5.76. The molecule has 2 nitrogen and oxygen atoms in total. The lowest BCUT2D eigenvalue weighted by atomic mass is 10.1. The van der Waals surface area contributed by atoms with Gasteiger partial charge in [0.05, 0.1) is 0 Å². The van der Waals surface area contributed by atoms with Gasteiger partial charge >= 0.3 is 0 Å². The molecule has 1 aromatic heterocycles. The molecule has 1 aliphatic rings. The van der Waals surface area contributed by atoms with Crippen molar-refractivity contribution in [2.75, 3.05) is 6.54 Å². The number of halogens is 1. The lowest BCUT2D eigenvalue weighted by molar-refractivity contribution is 0.256. The van der Waals surface area contributed by atoms with Gasteiger partial charge in [-0.1, -0.05) is 24.6 Å². The maximum absolute atomic E-state index is 5.76. The summed E-state index contributed by atoms with van der Waals surface area (Å²) in [4.78, 5) is 6.61. The van der Waals surface area contributed by atoms with Crippen LogP contribution in [0.3, 0.4) is 0 Å². The second kappa shape index (κ2) is 4.50. The minimum Gasteiger partial charge on any atom is -0.296 e. The Hall–Kier alpha value is -0.600. The minimum absolute atomic E-state index is 0.571. The molecule has 15 heavy (non-hydrogen) atoms. The van der Waals surface area contributed by atoms with Crippen LogP contribution < -0.4 is 0 Å². The fourth-order valence-electron chi connectivity index (χ4n) is 2.34. The number of aromatic nitrogens is 1. The monoisotopic (exact) mass is 224 g/mol. The van der Waals surface area contributed by atoms with Crippen LogP contribution in [0.15, 0.2) is 18.3 Å². The molecule has 0 amide bonds. The average Bonchev–Trinajstić information content (AvgIpc) is 2.49. The smallest absolute Gasteiger partial charge is 0.129 e. The van der Waals surface area contributed by atoms with Gasteiger partial charge in [0.15, 0.2) is 0 Å². The van der Waals surface area contributed by atoms with E-state index >= 15 is 0 Å². The maximum Gasteiger partial charge on any atom is 0.129 e. The van der Waals surface area contributed by atoms with Crippen LogP contribution in [0, 0.1) is 5.92 Å². The van der Waals surface area contributed by atoms with Crippen LogP contribution in [-0.2, 0) is 6.54 Å². The van der Waals surface area contributed by atoms with Crippen LogP contribution in [0.25, 0.3) is 0 Å². The quantitative estimate of drug-likeness (QED) is 0.719. The Morgan fingerprint density at radius 1 is 1.47 bits per heavy atom. The van der Waals surface area contributed by atoms with Gasteiger partial charge in [0.25, 0.3) is 0 Å². The van der Waals surface area contributed by atoms with Gasteiger partial charge in [-0.15, -0.1) is 0 Å². The fraction of sp³-hybridized carbons (Fsp3) is 0.583. The van der Waals surface area contributed by atoms with Crippen molar-refractivity contribution in [1.82, 2.24) is 9.88 Å². The summed E-state index contributed by atoms with van der Waals surface area (Å²) in [6.45, 7) is 6.81. The molecule has 0 spiro atoms. The summed E-state index contributed by atoms with van der Waals surface area (Å²) in [5, 5.41) is 0.571. The lowest BCUT2D eigenvalue weighted by Gasteiger charge is -2.20. The van der Waals surface area contributed by atoms with E-state index in [1.165, 1.54) is 18.5 Å². The molecule has 0 aromatic carbocycles. The van der Waals surface area contributed by atoms with Crippen LogP contribution in [0.4, 0.5) is 0 Å². The molecule has 0 aliphatic carbocycles. The minimum atomic E-state index is 0.571. The number of hydrogen-bond acceptors (Lipinski definition) is 2. The molecule has 2 heterocycles. The zero-order chi connectivity index (χ0) is 10.8. The van der Waals surface area contributed by atoms with E-state index in [-0.39, 0.29) is 0 Å². The molecule has 82 valence electrons. The Balaban J connectivity index is 2.00. The van der Waals surface area contributed by atoms with Gasteiger partial charge in [-0.25, -0.2) is 4.98 Å². The summed E-state index contributed by atoms with van der Waals surface area (Å²) in [6.07, 6.45) is 3.18. The number of rotatable bonds is 2. The summed E-state index contributed by atoms with van der Waals surface area (Å²) in [7, 11) is 0. The van der Waals surface area contributed by atoms with Gasteiger partial charge in [0, 0.05) is 25.3 Å². The molecule has 1 saturated heterocycles. The summed E-state index contributed by atoms with van der Waals surface area (Å²) >= 11 is 5.76. The topological polar surface area (TPSA) is 16.1 Å². The van der Waals surface area contributed by atoms with E-state index < -0.39 is 0 Å². The van der Waals surface area contributed by atoms with E-state index in [1.54, 1.807) is 0 Å². The molecule has 2 rings (SSSR count). The third-order valence-corrected chi connectivity index (χ3v) is 3.31. The molecule has 2 unspecified atom stereocenters. The first kappa shape index (κ1) is 10.9. The molecular weight excluding hydrogens is 208 g/mol. The highest BCUT2D eigenvalue weighted by atomic mass is 35.5. The van der Waals surface area contributed by atoms with Crippen molar-refractivity contribution in [2.45, 2.75) is 32.9 Å². The first-order chi connectivity index (χ1) is 7.15. The average molecular weight is 225 g/mol.